The molecule has 1 aromatic carbocycles. The van der Waals surface area contributed by atoms with Crippen LogP contribution in [0.3, 0.4) is 0 Å². The van der Waals surface area contributed by atoms with Crippen molar-refractivity contribution in [1.82, 2.24) is 9.88 Å². The monoisotopic (exact) mass is 328 g/mol. The van der Waals surface area contributed by atoms with Gasteiger partial charge in [-0.3, -0.25) is 9.78 Å². The Kier molecular flexibility index (Phi) is 3.83. The Balaban J connectivity index is 1.60. The van der Waals surface area contributed by atoms with Gasteiger partial charge in [0.25, 0.3) is 0 Å². The van der Waals surface area contributed by atoms with Gasteiger partial charge in [0.05, 0.1) is 5.75 Å². The molecule has 0 radical (unpaired) electrons. The maximum Gasteiger partial charge on any atom is 0.234 e. The number of benzene rings is 1. The van der Waals surface area contributed by atoms with Crippen LogP contribution in [0, 0.1) is 0 Å². The Labute approximate surface area is 138 Å². The molecule has 1 amide bonds. The molecule has 0 bridgehead atoms. The van der Waals surface area contributed by atoms with Crippen molar-refractivity contribution < 1.29 is 14.3 Å². The molecular formula is C17H16N2O3S. The van der Waals surface area contributed by atoms with E-state index in [1.165, 1.54) is 0 Å². The van der Waals surface area contributed by atoms with Crippen LogP contribution < -0.4 is 9.47 Å². The highest BCUT2D eigenvalue weighted by Gasteiger charge is 2.33. The van der Waals surface area contributed by atoms with E-state index in [2.05, 4.69) is 4.98 Å². The number of carbonyl (C=O) groups is 1. The molecule has 2 aliphatic heterocycles. The van der Waals surface area contributed by atoms with Crippen molar-refractivity contribution >= 4 is 17.7 Å². The minimum absolute atomic E-state index is 0.00136. The second kappa shape index (κ2) is 6.12. The van der Waals surface area contributed by atoms with E-state index in [1.807, 2.05) is 35.2 Å². The third kappa shape index (κ3) is 2.86. The van der Waals surface area contributed by atoms with Crippen molar-refractivity contribution in [1.29, 1.82) is 0 Å². The zero-order chi connectivity index (χ0) is 15.6. The first kappa shape index (κ1) is 14.4. The lowest BCUT2D eigenvalue weighted by molar-refractivity contribution is -0.128. The zero-order valence-corrected chi connectivity index (χ0v) is 13.3. The van der Waals surface area contributed by atoms with Crippen LogP contribution in [0.5, 0.6) is 11.5 Å². The van der Waals surface area contributed by atoms with E-state index >= 15 is 0 Å². The number of amides is 1. The fraction of sp³-hybridized carbons (Fsp3) is 0.294. The first-order valence-corrected chi connectivity index (χ1v) is 8.56. The van der Waals surface area contributed by atoms with Crippen LogP contribution in [0.4, 0.5) is 0 Å². The maximum absolute atomic E-state index is 12.3. The van der Waals surface area contributed by atoms with Gasteiger partial charge in [0.15, 0.2) is 11.5 Å². The molecule has 1 fully saturated rings. The summed E-state index contributed by atoms with van der Waals surface area (Å²) in [6.07, 6.45) is 3.54. The Morgan fingerprint density at radius 2 is 2.09 bits per heavy atom. The lowest BCUT2D eigenvalue weighted by Gasteiger charge is -2.26. The van der Waals surface area contributed by atoms with Gasteiger partial charge in [-0.2, -0.15) is 0 Å². The van der Waals surface area contributed by atoms with E-state index in [9.17, 15) is 4.79 Å². The highest BCUT2D eigenvalue weighted by Crippen LogP contribution is 2.42. The van der Waals surface area contributed by atoms with E-state index in [4.69, 9.17) is 9.47 Å². The number of hydrogen-bond donors (Lipinski definition) is 0. The quantitative estimate of drug-likeness (QED) is 0.867. The molecule has 2 aromatic rings. The second-order valence-corrected chi connectivity index (χ2v) is 6.52. The highest BCUT2D eigenvalue weighted by atomic mass is 32.2. The second-order valence-electron chi connectivity index (χ2n) is 5.45. The van der Waals surface area contributed by atoms with Gasteiger partial charge in [0.2, 0.25) is 5.91 Å². The summed E-state index contributed by atoms with van der Waals surface area (Å²) in [5.74, 6) is 2.18. The van der Waals surface area contributed by atoms with Gasteiger partial charge in [-0.25, -0.2) is 0 Å². The highest BCUT2D eigenvalue weighted by molar-refractivity contribution is 8.00. The average molecular weight is 328 g/mol. The van der Waals surface area contributed by atoms with Crippen LogP contribution in [0.1, 0.15) is 16.5 Å². The number of aromatic nitrogens is 1. The van der Waals surface area contributed by atoms with Crippen LogP contribution in [0.15, 0.2) is 42.7 Å². The van der Waals surface area contributed by atoms with Crippen molar-refractivity contribution in [3.8, 4) is 11.5 Å². The van der Waals surface area contributed by atoms with E-state index in [0.29, 0.717) is 25.5 Å². The number of pyridine rings is 1. The van der Waals surface area contributed by atoms with E-state index in [0.717, 1.165) is 22.6 Å². The van der Waals surface area contributed by atoms with Crippen LogP contribution in [0.2, 0.25) is 0 Å². The predicted molar refractivity (Wildman–Crippen MR) is 87.4 cm³/mol. The van der Waals surface area contributed by atoms with Gasteiger partial charge in [0.1, 0.15) is 18.6 Å². The fourth-order valence-electron chi connectivity index (χ4n) is 2.80. The van der Waals surface area contributed by atoms with Gasteiger partial charge in [-0.1, -0.05) is 12.1 Å². The maximum atomic E-state index is 12.3. The molecule has 0 N–H and O–H groups in total. The number of hydrogen-bond acceptors (Lipinski definition) is 5. The zero-order valence-electron chi connectivity index (χ0n) is 12.5. The number of carbonyl (C=O) groups excluding carboxylic acids is 1. The number of ether oxygens (including phenoxy) is 2. The summed E-state index contributed by atoms with van der Waals surface area (Å²) in [7, 11) is 0. The predicted octanol–water partition coefficient (Wildman–Crippen LogP) is 2.63. The third-order valence-corrected chi connectivity index (χ3v) is 5.15. The normalized spacial score (nSPS) is 19.9. The summed E-state index contributed by atoms with van der Waals surface area (Å²) in [5, 5.41) is -0.00136. The number of thioether (sulfide) groups is 1. The standard InChI is InChI=1S/C17H16N2O3S/c20-16-11-23-17(19(16)10-12-2-1-5-18-9-12)13-3-4-14-15(8-13)22-7-6-21-14/h1-5,8-9,17H,6-7,10-11H2. The van der Waals surface area contributed by atoms with E-state index in [-0.39, 0.29) is 11.3 Å². The number of nitrogens with zero attached hydrogens (tertiary/aromatic N) is 2. The minimum atomic E-state index is -0.00136. The third-order valence-electron chi connectivity index (χ3n) is 3.90. The lowest BCUT2D eigenvalue weighted by Crippen LogP contribution is -2.27. The Morgan fingerprint density at radius 1 is 1.22 bits per heavy atom. The molecule has 6 heteroatoms. The first-order valence-electron chi connectivity index (χ1n) is 7.51. The summed E-state index contributed by atoms with van der Waals surface area (Å²) in [6, 6.07) is 9.81. The first-order chi connectivity index (χ1) is 11.3. The van der Waals surface area contributed by atoms with Crippen molar-refractivity contribution in [3.63, 3.8) is 0 Å². The summed E-state index contributed by atoms with van der Waals surface area (Å²) in [4.78, 5) is 18.3. The topological polar surface area (TPSA) is 51.7 Å². The molecular weight excluding hydrogens is 312 g/mol. The molecule has 4 rings (SSSR count). The molecule has 118 valence electrons. The summed E-state index contributed by atoms with van der Waals surface area (Å²) >= 11 is 1.64. The summed E-state index contributed by atoms with van der Waals surface area (Å²) < 4.78 is 11.2. The largest absolute Gasteiger partial charge is 0.486 e. The van der Waals surface area contributed by atoms with Crippen molar-refractivity contribution in [2.45, 2.75) is 11.9 Å². The molecule has 2 aliphatic rings. The Hall–Kier alpha value is -2.21. The molecule has 1 aromatic heterocycles. The average Bonchev–Trinajstić information content (AvgIpc) is 2.96. The van der Waals surface area contributed by atoms with Crippen LogP contribution in [0.25, 0.3) is 0 Å². The summed E-state index contributed by atoms with van der Waals surface area (Å²) in [5.41, 5.74) is 2.10. The summed E-state index contributed by atoms with van der Waals surface area (Å²) in [6.45, 7) is 1.71. The number of fused-ring (bicyclic) bond motifs is 1. The molecule has 5 nitrogen and oxygen atoms in total. The SMILES string of the molecule is O=C1CSC(c2ccc3c(c2)OCCO3)N1Cc1cccnc1. The minimum Gasteiger partial charge on any atom is -0.486 e. The smallest absolute Gasteiger partial charge is 0.234 e. The van der Waals surface area contributed by atoms with Crippen molar-refractivity contribution in [2.24, 2.45) is 0 Å². The molecule has 1 atom stereocenters. The molecule has 0 aliphatic carbocycles. The van der Waals surface area contributed by atoms with Crippen molar-refractivity contribution in [2.75, 3.05) is 19.0 Å². The van der Waals surface area contributed by atoms with Gasteiger partial charge in [-0.05, 0) is 29.3 Å². The molecule has 23 heavy (non-hydrogen) atoms. The molecule has 1 unspecified atom stereocenters. The van der Waals surface area contributed by atoms with Crippen LogP contribution >= 0.6 is 11.8 Å². The Bertz CT molecular complexity index is 723. The molecule has 1 saturated heterocycles. The van der Waals surface area contributed by atoms with Gasteiger partial charge in [0, 0.05) is 18.9 Å². The number of rotatable bonds is 3. The van der Waals surface area contributed by atoms with E-state index in [1.54, 1.807) is 24.2 Å². The molecule has 3 heterocycles. The van der Waals surface area contributed by atoms with Crippen LogP contribution in [-0.2, 0) is 11.3 Å². The van der Waals surface area contributed by atoms with Crippen molar-refractivity contribution in [3.05, 3.63) is 53.9 Å². The fourth-order valence-corrected chi connectivity index (χ4v) is 3.98. The Morgan fingerprint density at radius 3 is 2.91 bits per heavy atom. The van der Waals surface area contributed by atoms with E-state index < -0.39 is 0 Å². The van der Waals surface area contributed by atoms with Gasteiger partial charge in [-0.15, -0.1) is 11.8 Å². The van der Waals surface area contributed by atoms with Gasteiger partial charge >= 0.3 is 0 Å². The lowest BCUT2D eigenvalue weighted by atomic mass is 10.1. The molecule has 0 spiro atoms. The molecule has 0 saturated carbocycles. The van der Waals surface area contributed by atoms with Crippen LogP contribution in [-0.4, -0.2) is 34.8 Å². The van der Waals surface area contributed by atoms with Gasteiger partial charge < -0.3 is 14.4 Å².